The molecule has 0 radical (unpaired) electrons. The van der Waals surface area contributed by atoms with Crippen molar-refractivity contribution >= 4 is 51.0 Å². The maximum absolute atomic E-state index is 13.4. The highest BCUT2D eigenvalue weighted by Crippen LogP contribution is 2.41. The molecule has 0 aliphatic carbocycles. The van der Waals surface area contributed by atoms with E-state index >= 15 is 0 Å². The highest BCUT2D eigenvalue weighted by atomic mass is 35.5. The summed E-state index contributed by atoms with van der Waals surface area (Å²) >= 11 is 13.1. The average Bonchev–Trinajstić information content (AvgIpc) is 3.02. The van der Waals surface area contributed by atoms with Gasteiger partial charge in [0.1, 0.15) is 34.4 Å². The van der Waals surface area contributed by atoms with Gasteiger partial charge in [-0.2, -0.15) is 4.31 Å². The molecule has 0 spiro atoms. The first kappa shape index (κ1) is 33.2. The van der Waals surface area contributed by atoms with E-state index in [4.69, 9.17) is 46.9 Å². The normalized spacial score (nSPS) is 13.6. The Balaban J connectivity index is 1.63. The SMILES string of the molecule is CCOC(=O)CN(C(=O)Oc1ccc(OC)cc1)c1cc(Cl)c(Oc2ccc(OC)c(S(=O)(=O)N3CCCCC3)c2)c(Cl)c1. The Morgan fingerprint density at radius 2 is 1.48 bits per heavy atom. The quantitative estimate of drug-likeness (QED) is 0.210. The van der Waals surface area contributed by atoms with Gasteiger partial charge in [0.25, 0.3) is 0 Å². The number of esters is 1. The Morgan fingerprint density at radius 3 is 2.07 bits per heavy atom. The van der Waals surface area contributed by atoms with Crippen molar-refractivity contribution < 1.29 is 41.7 Å². The molecule has 11 nitrogen and oxygen atoms in total. The number of carbonyl (C=O) groups is 2. The zero-order valence-corrected chi connectivity index (χ0v) is 26.7. The molecule has 1 fully saturated rings. The number of amides is 1. The van der Waals surface area contributed by atoms with Crippen LogP contribution in [0.25, 0.3) is 0 Å². The van der Waals surface area contributed by atoms with Gasteiger partial charge in [0.15, 0.2) is 5.75 Å². The van der Waals surface area contributed by atoms with Gasteiger partial charge in [-0.1, -0.05) is 29.6 Å². The van der Waals surface area contributed by atoms with Crippen LogP contribution in [-0.2, 0) is 19.6 Å². The molecular formula is C30H32Cl2N2O9S. The van der Waals surface area contributed by atoms with Gasteiger partial charge in [-0.15, -0.1) is 0 Å². The smallest absolute Gasteiger partial charge is 0.420 e. The van der Waals surface area contributed by atoms with Crippen LogP contribution in [0.3, 0.4) is 0 Å². The first-order valence-electron chi connectivity index (χ1n) is 13.7. The zero-order chi connectivity index (χ0) is 31.9. The molecule has 1 heterocycles. The van der Waals surface area contributed by atoms with Gasteiger partial charge in [0.05, 0.1) is 36.6 Å². The summed E-state index contributed by atoms with van der Waals surface area (Å²) in [6.07, 6.45) is 1.62. The Kier molecular flexibility index (Phi) is 11.2. The van der Waals surface area contributed by atoms with E-state index < -0.39 is 28.6 Å². The van der Waals surface area contributed by atoms with Crippen LogP contribution in [0, 0.1) is 0 Å². The summed E-state index contributed by atoms with van der Waals surface area (Å²) in [5.74, 6) is 0.392. The molecule has 0 aromatic heterocycles. The molecule has 14 heteroatoms. The van der Waals surface area contributed by atoms with E-state index in [1.54, 1.807) is 19.1 Å². The largest absolute Gasteiger partial charge is 0.497 e. The number of methoxy groups -OCH3 is 2. The number of ether oxygens (including phenoxy) is 5. The van der Waals surface area contributed by atoms with E-state index in [0.29, 0.717) is 18.8 Å². The lowest BCUT2D eigenvalue weighted by molar-refractivity contribution is -0.141. The van der Waals surface area contributed by atoms with Gasteiger partial charge in [-0.05, 0) is 68.3 Å². The van der Waals surface area contributed by atoms with Crippen molar-refractivity contribution in [1.82, 2.24) is 4.31 Å². The van der Waals surface area contributed by atoms with Crippen LogP contribution in [-0.4, -0.2) is 65.2 Å². The molecule has 44 heavy (non-hydrogen) atoms. The molecule has 236 valence electrons. The van der Waals surface area contributed by atoms with Gasteiger partial charge in [-0.3, -0.25) is 9.69 Å². The predicted molar refractivity (Wildman–Crippen MR) is 165 cm³/mol. The number of carbonyl (C=O) groups excluding carboxylic acids is 2. The fourth-order valence-corrected chi connectivity index (χ4v) is 6.72. The lowest BCUT2D eigenvalue weighted by atomic mass is 10.2. The minimum Gasteiger partial charge on any atom is -0.497 e. The van der Waals surface area contributed by atoms with E-state index in [1.165, 1.54) is 61.0 Å². The van der Waals surface area contributed by atoms with E-state index in [1.807, 2.05) is 0 Å². The molecule has 0 N–H and O–H groups in total. The van der Waals surface area contributed by atoms with Gasteiger partial charge < -0.3 is 23.7 Å². The van der Waals surface area contributed by atoms with Crippen molar-refractivity contribution in [2.75, 3.05) is 45.4 Å². The number of hydrogen-bond donors (Lipinski definition) is 0. The number of anilines is 1. The molecule has 0 bridgehead atoms. The van der Waals surface area contributed by atoms with E-state index in [0.717, 1.165) is 24.2 Å². The first-order valence-corrected chi connectivity index (χ1v) is 15.9. The fraction of sp³-hybridized carbons (Fsp3) is 0.333. The molecule has 4 rings (SSSR count). The van der Waals surface area contributed by atoms with Crippen molar-refractivity contribution in [2.24, 2.45) is 0 Å². The van der Waals surface area contributed by atoms with Crippen molar-refractivity contribution in [2.45, 2.75) is 31.1 Å². The maximum Gasteiger partial charge on any atom is 0.420 e. The molecule has 1 aliphatic heterocycles. The third kappa shape index (κ3) is 7.86. The third-order valence-corrected chi connectivity index (χ3v) is 9.14. The lowest BCUT2D eigenvalue weighted by Crippen LogP contribution is -2.38. The maximum atomic E-state index is 13.4. The monoisotopic (exact) mass is 666 g/mol. The standard InChI is InChI=1S/C30H32Cl2N2O9S/c1-4-41-28(35)19-34(30(36)43-22-10-8-21(39-2)9-11-22)20-16-24(31)29(25(32)17-20)42-23-12-13-26(40-3)27(18-23)44(37,38)33-14-6-5-7-15-33/h8-13,16-18H,4-7,14-15,19H2,1-3H3. The first-order chi connectivity index (χ1) is 21.1. The Hall–Kier alpha value is -3.71. The number of nitrogens with zero attached hydrogens (tertiary/aromatic N) is 2. The van der Waals surface area contributed by atoms with Crippen molar-refractivity contribution in [3.8, 4) is 28.7 Å². The summed E-state index contributed by atoms with van der Waals surface area (Å²) in [5, 5.41) is -0.0373. The highest BCUT2D eigenvalue weighted by molar-refractivity contribution is 7.89. The number of rotatable bonds is 11. The molecule has 1 saturated heterocycles. The number of benzene rings is 3. The molecule has 0 unspecified atom stereocenters. The Labute approximate surface area is 266 Å². The molecule has 3 aromatic rings. The summed E-state index contributed by atoms with van der Waals surface area (Å²) in [6.45, 7) is 2.08. The van der Waals surface area contributed by atoms with Crippen LogP contribution in [0.1, 0.15) is 26.2 Å². The zero-order valence-electron chi connectivity index (χ0n) is 24.4. The second-order valence-corrected chi connectivity index (χ2v) is 12.3. The second-order valence-electron chi connectivity index (χ2n) is 9.55. The van der Waals surface area contributed by atoms with Gasteiger partial charge in [0.2, 0.25) is 10.0 Å². The van der Waals surface area contributed by atoms with E-state index in [9.17, 15) is 18.0 Å². The van der Waals surface area contributed by atoms with Crippen LogP contribution < -0.4 is 23.8 Å². The number of halogens is 2. The molecular weight excluding hydrogens is 635 g/mol. The summed E-state index contributed by atoms with van der Waals surface area (Å²) in [4.78, 5) is 26.5. The summed E-state index contributed by atoms with van der Waals surface area (Å²) < 4.78 is 55.2. The minimum absolute atomic E-state index is 0.00294. The van der Waals surface area contributed by atoms with Gasteiger partial charge in [-0.25, -0.2) is 13.2 Å². The molecule has 0 saturated carbocycles. The topological polar surface area (TPSA) is 121 Å². The third-order valence-electron chi connectivity index (χ3n) is 6.66. The fourth-order valence-electron chi connectivity index (χ4n) is 4.48. The minimum atomic E-state index is -3.86. The number of hydrogen-bond acceptors (Lipinski definition) is 9. The second kappa shape index (κ2) is 14.8. The van der Waals surface area contributed by atoms with Crippen molar-refractivity contribution in [3.63, 3.8) is 0 Å². The van der Waals surface area contributed by atoms with Crippen LogP contribution in [0.2, 0.25) is 10.0 Å². The molecule has 1 amide bonds. The summed E-state index contributed by atoms with van der Waals surface area (Å²) in [5.41, 5.74) is 0.127. The van der Waals surface area contributed by atoms with Gasteiger partial charge in [0, 0.05) is 19.2 Å². The van der Waals surface area contributed by atoms with Crippen LogP contribution in [0.4, 0.5) is 10.5 Å². The Morgan fingerprint density at radius 1 is 0.864 bits per heavy atom. The van der Waals surface area contributed by atoms with Crippen molar-refractivity contribution in [3.05, 3.63) is 64.6 Å². The molecule has 3 aromatic carbocycles. The average molecular weight is 668 g/mol. The van der Waals surface area contributed by atoms with Crippen LogP contribution in [0.5, 0.6) is 28.7 Å². The number of sulfonamides is 1. The van der Waals surface area contributed by atoms with E-state index in [-0.39, 0.29) is 50.2 Å². The highest BCUT2D eigenvalue weighted by Gasteiger charge is 2.30. The van der Waals surface area contributed by atoms with Crippen molar-refractivity contribution in [1.29, 1.82) is 0 Å². The molecule has 1 aliphatic rings. The van der Waals surface area contributed by atoms with E-state index in [2.05, 4.69) is 0 Å². The Bertz CT molecular complexity index is 1570. The predicted octanol–water partition coefficient (Wildman–Crippen LogP) is 6.55. The van der Waals surface area contributed by atoms with Gasteiger partial charge >= 0.3 is 12.1 Å². The summed E-state index contributed by atoms with van der Waals surface area (Å²) in [6, 6.07) is 13.4. The number of piperidine rings is 1. The molecule has 0 atom stereocenters. The van der Waals surface area contributed by atoms with Crippen LogP contribution in [0.15, 0.2) is 59.5 Å². The summed E-state index contributed by atoms with van der Waals surface area (Å²) in [7, 11) is -0.964. The lowest BCUT2D eigenvalue weighted by Gasteiger charge is -2.26. The van der Waals surface area contributed by atoms with Crippen LogP contribution >= 0.6 is 23.2 Å².